The third kappa shape index (κ3) is 1.19. The fourth-order valence-corrected chi connectivity index (χ4v) is 0.821. The molecule has 0 saturated heterocycles. The first-order chi connectivity index (χ1) is 5.16. The van der Waals surface area contributed by atoms with Crippen molar-refractivity contribution in [3.8, 4) is 5.75 Å². The number of methoxy groups -OCH3 is 1. The summed E-state index contributed by atoms with van der Waals surface area (Å²) in [7, 11) is 1.42. The van der Waals surface area contributed by atoms with E-state index in [4.69, 9.17) is 10.5 Å². The van der Waals surface area contributed by atoms with Gasteiger partial charge in [0.1, 0.15) is 0 Å². The zero-order valence-corrected chi connectivity index (χ0v) is 6.47. The van der Waals surface area contributed by atoms with Gasteiger partial charge in [-0.25, -0.2) is 0 Å². The number of nitrogens with one attached hydrogen (secondary N) is 1. The van der Waals surface area contributed by atoms with Crippen LogP contribution in [0.2, 0.25) is 0 Å². The number of aryl methyl sites for hydroxylation is 1. The van der Waals surface area contributed by atoms with Crippen LogP contribution in [0.1, 0.15) is 5.56 Å². The molecule has 1 aromatic rings. The molecule has 0 aliphatic heterocycles. The molecule has 0 aliphatic carbocycles. The predicted molar refractivity (Wildman–Crippen MR) is 42.8 cm³/mol. The first-order valence-corrected chi connectivity index (χ1v) is 3.18. The quantitative estimate of drug-likeness (QED) is 0.610. The van der Waals surface area contributed by atoms with Crippen LogP contribution < -0.4 is 16.0 Å². The van der Waals surface area contributed by atoms with E-state index in [2.05, 4.69) is 4.98 Å². The molecule has 0 aromatic carbocycles. The molecule has 0 bridgehead atoms. The summed E-state index contributed by atoms with van der Waals surface area (Å²) in [4.78, 5) is 13.5. The van der Waals surface area contributed by atoms with E-state index in [0.29, 0.717) is 5.69 Å². The van der Waals surface area contributed by atoms with Crippen molar-refractivity contribution in [1.29, 1.82) is 0 Å². The van der Waals surface area contributed by atoms with Gasteiger partial charge in [-0.15, -0.1) is 0 Å². The Balaban J connectivity index is 3.41. The van der Waals surface area contributed by atoms with Gasteiger partial charge in [0.2, 0.25) is 5.75 Å². The molecular weight excluding hydrogens is 144 g/mol. The molecule has 4 nitrogen and oxygen atoms in total. The number of hydrogen-bond donors (Lipinski definition) is 2. The molecule has 0 unspecified atom stereocenters. The van der Waals surface area contributed by atoms with Crippen molar-refractivity contribution >= 4 is 5.69 Å². The molecule has 0 amide bonds. The SMILES string of the molecule is COc1c(N)c(C)c[nH]c1=O. The van der Waals surface area contributed by atoms with Crippen LogP contribution in [0.5, 0.6) is 5.75 Å². The van der Waals surface area contributed by atoms with Crippen LogP contribution in [0.15, 0.2) is 11.0 Å². The van der Waals surface area contributed by atoms with Gasteiger partial charge < -0.3 is 15.5 Å². The first kappa shape index (κ1) is 7.65. The van der Waals surface area contributed by atoms with E-state index in [1.807, 2.05) is 0 Å². The molecule has 11 heavy (non-hydrogen) atoms. The second-order valence-corrected chi connectivity index (χ2v) is 2.25. The Morgan fingerprint density at radius 3 is 2.73 bits per heavy atom. The van der Waals surface area contributed by atoms with Gasteiger partial charge in [0.25, 0.3) is 5.56 Å². The van der Waals surface area contributed by atoms with E-state index in [1.165, 1.54) is 7.11 Å². The molecule has 1 aromatic heterocycles. The Morgan fingerprint density at radius 2 is 2.27 bits per heavy atom. The van der Waals surface area contributed by atoms with Crippen molar-refractivity contribution in [3.05, 3.63) is 22.1 Å². The highest BCUT2D eigenvalue weighted by molar-refractivity contribution is 5.55. The van der Waals surface area contributed by atoms with Crippen LogP contribution in [0, 0.1) is 6.92 Å². The zero-order valence-electron chi connectivity index (χ0n) is 6.47. The van der Waals surface area contributed by atoms with Gasteiger partial charge in [-0.2, -0.15) is 0 Å². The lowest BCUT2D eigenvalue weighted by Gasteiger charge is -2.03. The van der Waals surface area contributed by atoms with Crippen molar-refractivity contribution in [2.75, 3.05) is 12.8 Å². The molecule has 0 fully saturated rings. The second-order valence-electron chi connectivity index (χ2n) is 2.25. The summed E-state index contributed by atoms with van der Waals surface area (Å²) in [5.74, 6) is 0.185. The molecule has 1 rings (SSSR count). The summed E-state index contributed by atoms with van der Waals surface area (Å²) in [5, 5.41) is 0. The lowest BCUT2D eigenvalue weighted by molar-refractivity contribution is 0.410. The first-order valence-electron chi connectivity index (χ1n) is 3.18. The Bertz CT molecular complexity index is 317. The average molecular weight is 154 g/mol. The predicted octanol–water partition coefficient (Wildman–Crippen LogP) is 0.274. The smallest absolute Gasteiger partial charge is 0.292 e. The van der Waals surface area contributed by atoms with Gasteiger partial charge in [0.05, 0.1) is 12.8 Å². The van der Waals surface area contributed by atoms with E-state index < -0.39 is 0 Å². The lowest BCUT2D eigenvalue weighted by atomic mass is 10.2. The van der Waals surface area contributed by atoms with Gasteiger partial charge in [0, 0.05) is 6.20 Å². The van der Waals surface area contributed by atoms with Crippen LogP contribution in [-0.4, -0.2) is 12.1 Å². The fourth-order valence-electron chi connectivity index (χ4n) is 0.821. The van der Waals surface area contributed by atoms with Gasteiger partial charge in [-0.05, 0) is 12.5 Å². The topological polar surface area (TPSA) is 68.1 Å². The third-order valence-corrected chi connectivity index (χ3v) is 1.50. The van der Waals surface area contributed by atoms with Crippen LogP contribution in [0.25, 0.3) is 0 Å². The second kappa shape index (κ2) is 2.65. The molecule has 0 aliphatic rings. The van der Waals surface area contributed by atoms with E-state index in [9.17, 15) is 4.79 Å². The molecular formula is C7H10N2O2. The summed E-state index contributed by atoms with van der Waals surface area (Å²) in [5.41, 5.74) is 6.46. The standard InChI is InChI=1S/C7H10N2O2/c1-4-3-9-7(10)6(11-2)5(4)8/h3H,1-2H3,(H3,8,9,10). The van der Waals surface area contributed by atoms with E-state index in [0.717, 1.165) is 5.56 Å². The Hall–Kier alpha value is -1.45. The minimum atomic E-state index is -0.296. The molecule has 60 valence electrons. The average Bonchev–Trinajstić information content (AvgIpc) is 1.99. The van der Waals surface area contributed by atoms with E-state index >= 15 is 0 Å². The maximum atomic E-state index is 11.0. The molecule has 1 heterocycles. The number of pyridine rings is 1. The fraction of sp³-hybridized carbons (Fsp3) is 0.286. The van der Waals surface area contributed by atoms with Crippen LogP contribution in [0.4, 0.5) is 5.69 Å². The maximum Gasteiger partial charge on any atom is 0.292 e. The number of aromatic amines is 1. The van der Waals surface area contributed by atoms with Crippen LogP contribution in [0.3, 0.4) is 0 Å². The molecule has 0 spiro atoms. The normalized spacial score (nSPS) is 9.64. The highest BCUT2D eigenvalue weighted by Crippen LogP contribution is 2.17. The van der Waals surface area contributed by atoms with Crippen molar-refractivity contribution in [3.63, 3.8) is 0 Å². The maximum absolute atomic E-state index is 11.0. The van der Waals surface area contributed by atoms with Crippen molar-refractivity contribution in [2.45, 2.75) is 6.92 Å². The van der Waals surface area contributed by atoms with Gasteiger partial charge in [-0.3, -0.25) is 4.79 Å². The Labute approximate surface area is 64.0 Å². The van der Waals surface area contributed by atoms with Crippen molar-refractivity contribution < 1.29 is 4.74 Å². The lowest BCUT2D eigenvalue weighted by Crippen LogP contribution is -2.12. The van der Waals surface area contributed by atoms with Crippen molar-refractivity contribution in [1.82, 2.24) is 4.98 Å². The molecule has 0 saturated carbocycles. The van der Waals surface area contributed by atoms with Gasteiger partial charge >= 0.3 is 0 Å². The minimum absolute atomic E-state index is 0.185. The third-order valence-electron chi connectivity index (χ3n) is 1.50. The van der Waals surface area contributed by atoms with Crippen LogP contribution in [-0.2, 0) is 0 Å². The highest BCUT2D eigenvalue weighted by Gasteiger charge is 2.05. The monoisotopic (exact) mass is 154 g/mol. The van der Waals surface area contributed by atoms with Gasteiger partial charge in [0.15, 0.2) is 0 Å². The Morgan fingerprint density at radius 1 is 1.64 bits per heavy atom. The minimum Gasteiger partial charge on any atom is -0.490 e. The number of aromatic nitrogens is 1. The number of H-pyrrole nitrogens is 1. The zero-order chi connectivity index (χ0) is 8.43. The number of hydrogen-bond acceptors (Lipinski definition) is 3. The largest absolute Gasteiger partial charge is 0.490 e. The van der Waals surface area contributed by atoms with E-state index in [1.54, 1.807) is 13.1 Å². The molecule has 3 N–H and O–H groups in total. The molecule has 0 atom stereocenters. The number of ether oxygens (including phenoxy) is 1. The molecule has 0 radical (unpaired) electrons. The summed E-state index contributed by atoms with van der Waals surface area (Å²) < 4.78 is 4.79. The summed E-state index contributed by atoms with van der Waals surface area (Å²) in [6.45, 7) is 1.80. The van der Waals surface area contributed by atoms with Gasteiger partial charge in [-0.1, -0.05) is 0 Å². The number of anilines is 1. The summed E-state index contributed by atoms with van der Waals surface area (Å²) in [6, 6.07) is 0. The van der Waals surface area contributed by atoms with Crippen LogP contribution >= 0.6 is 0 Å². The van der Waals surface area contributed by atoms with Crippen molar-refractivity contribution in [2.24, 2.45) is 0 Å². The molecule has 4 heteroatoms. The number of rotatable bonds is 1. The summed E-state index contributed by atoms with van der Waals surface area (Å²) >= 11 is 0. The number of nitrogen functional groups attached to an aromatic ring is 1. The highest BCUT2D eigenvalue weighted by atomic mass is 16.5. The Kier molecular flexibility index (Phi) is 1.85. The van der Waals surface area contributed by atoms with E-state index in [-0.39, 0.29) is 11.3 Å². The number of nitrogens with two attached hydrogens (primary N) is 1. The summed E-state index contributed by atoms with van der Waals surface area (Å²) in [6.07, 6.45) is 1.56.